The molecule has 1 atom stereocenters. The maximum atomic E-state index is 13.6. The third-order valence-electron chi connectivity index (χ3n) is 6.47. The number of ether oxygens (including phenoxy) is 2. The molecule has 0 saturated heterocycles. The highest BCUT2D eigenvalue weighted by molar-refractivity contribution is 5.91. The van der Waals surface area contributed by atoms with Crippen molar-refractivity contribution in [3.05, 3.63) is 65.2 Å². The van der Waals surface area contributed by atoms with Crippen LogP contribution in [0.3, 0.4) is 0 Å². The summed E-state index contributed by atoms with van der Waals surface area (Å²) in [6, 6.07) is 14.1. The first-order valence-electron chi connectivity index (χ1n) is 12.0. The van der Waals surface area contributed by atoms with Gasteiger partial charge in [-0.3, -0.25) is 4.74 Å². The average Bonchev–Trinajstić information content (AvgIpc) is 2.83. The number of carbonyl (C=O) groups is 1. The second kappa shape index (κ2) is 12.3. The standard InChI is InChI=1S/C27H32F4O3/c1-2-3-19-4-9-21(10-5-19)22-11-13-23(14-12-22)26(32)34-25-16-7-20(8-17-25)6-15-24(28)18-33-27(29,30)31/h7-8,11-14,16-17,19,21,24H,2-6,9-10,15,18H2,1H3. The van der Waals surface area contributed by atoms with E-state index in [-0.39, 0.29) is 12.8 Å². The Kier molecular flexibility index (Phi) is 9.51. The smallest absolute Gasteiger partial charge is 0.423 e. The first-order valence-corrected chi connectivity index (χ1v) is 12.0. The number of halogens is 4. The van der Waals surface area contributed by atoms with Gasteiger partial charge in [-0.05, 0) is 85.8 Å². The van der Waals surface area contributed by atoms with Crippen LogP contribution >= 0.6 is 0 Å². The van der Waals surface area contributed by atoms with E-state index in [1.165, 1.54) is 44.1 Å². The van der Waals surface area contributed by atoms with Gasteiger partial charge in [0.2, 0.25) is 0 Å². The molecule has 3 nitrogen and oxygen atoms in total. The van der Waals surface area contributed by atoms with Crippen LogP contribution in [0.1, 0.15) is 79.3 Å². The summed E-state index contributed by atoms with van der Waals surface area (Å²) in [5, 5.41) is 0. The van der Waals surface area contributed by atoms with E-state index < -0.39 is 25.1 Å². The van der Waals surface area contributed by atoms with Crippen LogP contribution in [0, 0.1) is 5.92 Å². The second-order valence-corrected chi connectivity index (χ2v) is 9.05. The summed E-state index contributed by atoms with van der Waals surface area (Å²) >= 11 is 0. The van der Waals surface area contributed by atoms with Crippen LogP contribution in [0.5, 0.6) is 5.75 Å². The number of alkyl halides is 4. The molecule has 1 aliphatic rings. The first kappa shape index (κ1) is 26.2. The Bertz CT molecular complexity index is 886. The van der Waals surface area contributed by atoms with E-state index in [1.54, 1.807) is 36.4 Å². The molecule has 1 saturated carbocycles. The molecule has 1 unspecified atom stereocenters. The average molecular weight is 481 g/mol. The molecule has 3 rings (SSSR count). The number of rotatable bonds is 10. The topological polar surface area (TPSA) is 35.5 Å². The lowest BCUT2D eigenvalue weighted by Gasteiger charge is -2.28. The van der Waals surface area contributed by atoms with Gasteiger partial charge in [-0.1, -0.05) is 44.0 Å². The molecule has 2 aromatic rings. The second-order valence-electron chi connectivity index (χ2n) is 9.05. The van der Waals surface area contributed by atoms with Gasteiger partial charge < -0.3 is 4.74 Å². The molecule has 0 N–H and O–H groups in total. The zero-order chi connectivity index (χ0) is 24.6. The minimum atomic E-state index is -4.83. The van der Waals surface area contributed by atoms with E-state index in [1.807, 2.05) is 12.1 Å². The summed E-state index contributed by atoms with van der Waals surface area (Å²) in [5.41, 5.74) is 2.47. The lowest BCUT2D eigenvalue weighted by molar-refractivity contribution is -0.328. The molecule has 1 fully saturated rings. The van der Waals surface area contributed by atoms with Crippen molar-refractivity contribution in [3.8, 4) is 5.75 Å². The molecule has 0 spiro atoms. The Labute approximate surface area is 198 Å². The van der Waals surface area contributed by atoms with Crippen LogP contribution in [-0.2, 0) is 11.2 Å². The van der Waals surface area contributed by atoms with Crippen molar-refractivity contribution in [2.45, 2.75) is 76.7 Å². The van der Waals surface area contributed by atoms with Gasteiger partial charge in [-0.2, -0.15) is 0 Å². The molecule has 0 bridgehead atoms. The highest BCUT2D eigenvalue weighted by Crippen LogP contribution is 2.37. The third kappa shape index (κ3) is 8.42. The van der Waals surface area contributed by atoms with Crippen molar-refractivity contribution >= 4 is 5.97 Å². The van der Waals surface area contributed by atoms with Crippen molar-refractivity contribution < 1.29 is 31.8 Å². The van der Waals surface area contributed by atoms with Crippen molar-refractivity contribution in [1.82, 2.24) is 0 Å². The Morgan fingerprint density at radius 3 is 2.24 bits per heavy atom. The van der Waals surface area contributed by atoms with Gasteiger partial charge in [0.1, 0.15) is 11.9 Å². The van der Waals surface area contributed by atoms with Gasteiger partial charge in [0, 0.05) is 0 Å². The number of esters is 1. The number of hydrogen-bond acceptors (Lipinski definition) is 3. The predicted octanol–water partition coefficient (Wildman–Crippen LogP) is 7.79. The fourth-order valence-electron chi connectivity index (χ4n) is 4.57. The fourth-order valence-corrected chi connectivity index (χ4v) is 4.57. The van der Waals surface area contributed by atoms with E-state index in [2.05, 4.69) is 11.7 Å². The highest BCUT2D eigenvalue weighted by atomic mass is 19.4. The molecule has 34 heavy (non-hydrogen) atoms. The van der Waals surface area contributed by atoms with Gasteiger partial charge in [0.05, 0.1) is 12.2 Å². The third-order valence-corrected chi connectivity index (χ3v) is 6.47. The van der Waals surface area contributed by atoms with Crippen LogP contribution in [0.25, 0.3) is 0 Å². The molecule has 7 heteroatoms. The summed E-state index contributed by atoms with van der Waals surface area (Å²) in [5.74, 6) is 1.29. The molecule has 0 heterocycles. The Balaban J connectivity index is 1.45. The van der Waals surface area contributed by atoms with Gasteiger partial charge in [0.25, 0.3) is 0 Å². The van der Waals surface area contributed by atoms with Crippen molar-refractivity contribution in [3.63, 3.8) is 0 Å². The molecule has 2 aromatic carbocycles. The van der Waals surface area contributed by atoms with Gasteiger partial charge in [0.15, 0.2) is 0 Å². The van der Waals surface area contributed by atoms with Crippen LogP contribution in [0.2, 0.25) is 0 Å². The molecule has 0 aliphatic heterocycles. The normalized spacial score (nSPS) is 19.6. The monoisotopic (exact) mass is 480 g/mol. The van der Waals surface area contributed by atoms with E-state index in [9.17, 15) is 22.4 Å². The quantitative estimate of drug-likeness (QED) is 0.198. The molecule has 0 amide bonds. The maximum Gasteiger partial charge on any atom is 0.522 e. The Hall–Kier alpha value is -2.41. The van der Waals surface area contributed by atoms with Crippen LogP contribution in [0.4, 0.5) is 17.6 Å². The lowest BCUT2D eigenvalue weighted by atomic mass is 9.77. The molecule has 0 radical (unpaired) electrons. The van der Waals surface area contributed by atoms with Crippen LogP contribution in [-0.4, -0.2) is 25.1 Å². The number of hydrogen-bond donors (Lipinski definition) is 0. The SMILES string of the molecule is CCCC1CCC(c2ccc(C(=O)Oc3ccc(CCC(F)COC(F)(F)F)cc3)cc2)CC1. The Morgan fingerprint density at radius 1 is 1.00 bits per heavy atom. The maximum absolute atomic E-state index is 13.6. The van der Waals surface area contributed by atoms with Crippen LogP contribution < -0.4 is 4.74 Å². The number of benzene rings is 2. The fraction of sp³-hybridized carbons (Fsp3) is 0.519. The summed E-state index contributed by atoms with van der Waals surface area (Å²) in [6.45, 7) is 1.22. The molecule has 186 valence electrons. The predicted molar refractivity (Wildman–Crippen MR) is 123 cm³/mol. The minimum absolute atomic E-state index is 0.0954. The van der Waals surface area contributed by atoms with E-state index in [4.69, 9.17) is 4.74 Å². The van der Waals surface area contributed by atoms with E-state index in [0.717, 1.165) is 11.5 Å². The van der Waals surface area contributed by atoms with E-state index in [0.29, 0.717) is 17.2 Å². The molecular weight excluding hydrogens is 448 g/mol. The van der Waals surface area contributed by atoms with Crippen LogP contribution in [0.15, 0.2) is 48.5 Å². The first-order chi connectivity index (χ1) is 16.2. The zero-order valence-corrected chi connectivity index (χ0v) is 19.5. The van der Waals surface area contributed by atoms with Gasteiger partial charge in [-0.25, -0.2) is 9.18 Å². The zero-order valence-electron chi connectivity index (χ0n) is 19.5. The number of carbonyl (C=O) groups excluding carboxylic acids is 1. The van der Waals surface area contributed by atoms with Gasteiger partial charge in [-0.15, -0.1) is 13.2 Å². The van der Waals surface area contributed by atoms with Crippen molar-refractivity contribution in [2.75, 3.05) is 6.61 Å². The van der Waals surface area contributed by atoms with Crippen molar-refractivity contribution in [1.29, 1.82) is 0 Å². The largest absolute Gasteiger partial charge is 0.522 e. The molecular formula is C27H32F4O3. The summed E-state index contributed by atoms with van der Waals surface area (Å²) in [6.07, 6.45) is 1.09. The molecule has 1 aliphatic carbocycles. The summed E-state index contributed by atoms with van der Waals surface area (Å²) in [4.78, 5) is 12.5. The highest BCUT2D eigenvalue weighted by Gasteiger charge is 2.30. The van der Waals surface area contributed by atoms with Crippen molar-refractivity contribution in [2.24, 2.45) is 5.92 Å². The summed E-state index contributed by atoms with van der Waals surface area (Å²) < 4.78 is 58.4. The van der Waals surface area contributed by atoms with Gasteiger partial charge >= 0.3 is 12.3 Å². The number of aryl methyl sites for hydroxylation is 1. The van der Waals surface area contributed by atoms with E-state index >= 15 is 0 Å². The minimum Gasteiger partial charge on any atom is -0.423 e. The summed E-state index contributed by atoms with van der Waals surface area (Å²) in [7, 11) is 0. The lowest BCUT2D eigenvalue weighted by Crippen LogP contribution is -2.20. The molecule has 0 aromatic heterocycles. The Morgan fingerprint density at radius 2 is 1.65 bits per heavy atom.